The van der Waals surface area contributed by atoms with Crippen molar-refractivity contribution in [2.24, 2.45) is 0 Å². The monoisotopic (exact) mass is 722 g/mol. The molecule has 3 heterocycles. The number of nitrogens with one attached hydrogen (secondary N) is 1. The summed E-state index contributed by atoms with van der Waals surface area (Å²) in [4.78, 5) is 60.2. The molecule has 0 radical (unpaired) electrons. The van der Waals surface area contributed by atoms with E-state index < -0.39 is 29.7 Å². The van der Waals surface area contributed by atoms with Gasteiger partial charge in [-0.05, 0) is 67.8 Å². The fourth-order valence-corrected chi connectivity index (χ4v) is 8.27. The van der Waals surface area contributed by atoms with Crippen LogP contribution in [0.5, 0.6) is 0 Å². The molecular formula is C39H38N4O6S2. The molecule has 12 heteroatoms. The molecule has 10 nitrogen and oxygen atoms in total. The van der Waals surface area contributed by atoms with E-state index in [9.17, 15) is 19.2 Å². The highest BCUT2D eigenvalue weighted by molar-refractivity contribution is 8.04. The van der Waals surface area contributed by atoms with Crippen LogP contribution in [0.1, 0.15) is 43.6 Å². The van der Waals surface area contributed by atoms with Crippen LogP contribution in [0.25, 0.3) is 0 Å². The molecule has 4 aromatic rings. The fraction of sp³-hybridized carbons (Fsp3) is 0.256. The number of thioether (sulfide) groups is 2. The first-order valence-electron chi connectivity index (χ1n) is 16.4. The first-order valence-corrected chi connectivity index (χ1v) is 18.5. The molecule has 1 N–H and O–H groups in total. The van der Waals surface area contributed by atoms with Gasteiger partial charge in [-0.25, -0.2) is 14.6 Å². The van der Waals surface area contributed by atoms with Crippen LogP contribution in [0.4, 0.5) is 16.3 Å². The molecule has 51 heavy (non-hydrogen) atoms. The van der Waals surface area contributed by atoms with E-state index in [-0.39, 0.29) is 28.8 Å². The predicted octanol–water partition coefficient (Wildman–Crippen LogP) is 7.20. The van der Waals surface area contributed by atoms with E-state index in [0.717, 1.165) is 16.7 Å². The zero-order valence-electron chi connectivity index (χ0n) is 28.4. The minimum Gasteiger partial charge on any atom is -0.448 e. The Hall–Kier alpha value is -5.07. The Balaban J connectivity index is 1.06. The van der Waals surface area contributed by atoms with E-state index in [1.807, 2.05) is 72.8 Å². The number of pyridine rings is 1. The van der Waals surface area contributed by atoms with Crippen LogP contribution in [0.15, 0.2) is 121 Å². The van der Waals surface area contributed by atoms with Crippen LogP contribution in [-0.2, 0) is 29.6 Å². The van der Waals surface area contributed by atoms with Gasteiger partial charge in [0.25, 0.3) is 0 Å². The van der Waals surface area contributed by atoms with Crippen molar-refractivity contribution in [3.63, 3.8) is 0 Å². The van der Waals surface area contributed by atoms with E-state index in [4.69, 9.17) is 9.47 Å². The molecule has 3 amide bonds. The van der Waals surface area contributed by atoms with Gasteiger partial charge in [0, 0.05) is 23.4 Å². The van der Waals surface area contributed by atoms with Crippen molar-refractivity contribution in [2.75, 3.05) is 22.5 Å². The summed E-state index contributed by atoms with van der Waals surface area (Å²) in [7, 11) is 0. The number of benzene rings is 3. The number of esters is 1. The van der Waals surface area contributed by atoms with Gasteiger partial charge in [0.15, 0.2) is 6.10 Å². The zero-order valence-corrected chi connectivity index (χ0v) is 30.1. The first-order chi connectivity index (χ1) is 24.6. The molecule has 2 atom stereocenters. The van der Waals surface area contributed by atoms with Crippen molar-refractivity contribution in [3.8, 4) is 0 Å². The molecule has 2 aliphatic rings. The number of para-hydroxylation sites is 1. The average Bonchev–Trinajstić information content (AvgIpc) is 3.13. The number of aromatic nitrogens is 1. The predicted molar refractivity (Wildman–Crippen MR) is 200 cm³/mol. The van der Waals surface area contributed by atoms with Gasteiger partial charge in [-0.15, -0.1) is 23.5 Å². The summed E-state index contributed by atoms with van der Waals surface area (Å²) in [5.74, 6) is 0.242. The van der Waals surface area contributed by atoms with Crippen molar-refractivity contribution >= 4 is 58.9 Å². The average molecular weight is 723 g/mol. The Kier molecular flexibility index (Phi) is 11.1. The van der Waals surface area contributed by atoms with Crippen molar-refractivity contribution in [2.45, 2.75) is 48.9 Å². The first kappa shape index (κ1) is 35.7. The molecule has 2 aliphatic heterocycles. The molecule has 0 spiro atoms. The normalized spacial score (nSPS) is 16.7. The Bertz CT molecular complexity index is 1860. The molecule has 1 fully saturated rings. The Morgan fingerprint density at radius 2 is 1.59 bits per heavy atom. The lowest BCUT2D eigenvalue weighted by molar-refractivity contribution is -0.151. The summed E-state index contributed by atoms with van der Waals surface area (Å²) in [6.07, 6.45) is 2.09. The summed E-state index contributed by atoms with van der Waals surface area (Å²) >= 11 is 3.08. The lowest BCUT2D eigenvalue weighted by Gasteiger charge is -2.48. The van der Waals surface area contributed by atoms with Crippen LogP contribution in [0.2, 0.25) is 0 Å². The second kappa shape index (κ2) is 15.9. The van der Waals surface area contributed by atoms with E-state index in [1.54, 1.807) is 80.0 Å². The van der Waals surface area contributed by atoms with E-state index in [2.05, 4.69) is 10.3 Å². The second-order valence-electron chi connectivity index (χ2n) is 12.9. The van der Waals surface area contributed by atoms with Crippen LogP contribution < -0.4 is 10.2 Å². The van der Waals surface area contributed by atoms with Gasteiger partial charge >= 0.3 is 12.1 Å². The SMILES string of the molecule is CC(C)(C)OC(=O)N(CC(=O)Nc1cc(CS[C@@H]2C(=O)N3C(C(=O)OC(c4ccccc4)c4ccccc4)=CCS[C@H]23)ccn1)c1ccccc1. The van der Waals surface area contributed by atoms with Gasteiger partial charge in [0.1, 0.15) is 34.3 Å². The van der Waals surface area contributed by atoms with Crippen LogP contribution in [0.3, 0.4) is 0 Å². The van der Waals surface area contributed by atoms with Crippen LogP contribution >= 0.6 is 23.5 Å². The van der Waals surface area contributed by atoms with Gasteiger partial charge in [0.05, 0.1) is 0 Å². The van der Waals surface area contributed by atoms with E-state index in [1.165, 1.54) is 16.7 Å². The maximum absolute atomic E-state index is 13.6. The fourth-order valence-electron chi connectivity index (χ4n) is 5.60. The number of ether oxygens (including phenoxy) is 2. The maximum atomic E-state index is 13.6. The number of carbonyl (C=O) groups is 4. The number of amides is 3. The van der Waals surface area contributed by atoms with E-state index >= 15 is 0 Å². The molecule has 0 saturated carbocycles. The molecule has 1 aromatic heterocycles. The highest BCUT2D eigenvalue weighted by Gasteiger charge is 2.52. The third kappa shape index (κ3) is 8.81. The van der Waals surface area contributed by atoms with E-state index in [0.29, 0.717) is 23.0 Å². The summed E-state index contributed by atoms with van der Waals surface area (Å²) in [5, 5.41) is 2.22. The number of hydrogen-bond acceptors (Lipinski definition) is 9. The van der Waals surface area contributed by atoms with Crippen molar-refractivity contribution < 1.29 is 28.7 Å². The smallest absolute Gasteiger partial charge is 0.415 e. The number of anilines is 2. The lowest BCUT2D eigenvalue weighted by atomic mass is 10.0. The Labute approximate surface area is 305 Å². The molecule has 0 bridgehead atoms. The highest BCUT2D eigenvalue weighted by atomic mass is 32.2. The van der Waals surface area contributed by atoms with Gasteiger partial charge in [-0.3, -0.25) is 19.4 Å². The number of carbonyl (C=O) groups excluding carboxylic acids is 4. The minimum atomic E-state index is -0.738. The third-order valence-corrected chi connectivity index (χ3v) is 10.6. The van der Waals surface area contributed by atoms with Gasteiger partial charge < -0.3 is 14.8 Å². The van der Waals surface area contributed by atoms with Crippen molar-refractivity contribution in [1.29, 1.82) is 0 Å². The number of nitrogens with zero attached hydrogens (tertiary/aromatic N) is 3. The number of hydrogen-bond donors (Lipinski definition) is 1. The summed E-state index contributed by atoms with van der Waals surface area (Å²) in [6.45, 7) is 5.02. The van der Waals surface area contributed by atoms with Gasteiger partial charge in [0.2, 0.25) is 11.8 Å². The summed E-state index contributed by atoms with van der Waals surface area (Å²) < 4.78 is 11.6. The third-order valence-electron chi connectivity index (χ3n) is 7.94. The van der Waals surface area contributed by atoms with Crippen LogP contribution in [0, 0.1) is 0 Å². The number of fused-ring (bicyclic) bond motifs is 1. The molecule has 0 unspecified atom stereocenters. The summed E-state index contributed by atoms with van der Waals surface area (Å²) in [6, 6.07) is 31.5. The highest BCUT2D eigenvalue weighted by Crippen LogP contribution is 2.44. The number of β-lactam (4-membered cyclic amide) rings is 1. The molecule has 0 aliphatic carbocycles. The Morgan fingerprint density at radius 3 is 2.22 bits per heavy atom. The van der Waals surface area contributed by atoms with Gasteiger partial charge in [-0.2, -0.15) is 0 Å². The molecule has 3 aromatic carbocycles. The van der Waals surface area contributed by atoms with Crippen LogP contribution in [-0.4, -0.2) is 62.3 Å². The van der Waals surface area contributed by atoms with Gasteiger partial charge in [-0.1, -0.05) is 78.9 Å². The quantitative estimate of drug-likeness (QED) is 0.127. The standard InChI is InChI=1S/C39H38N4O6S2/c1-39(2,3)49-38(47)42(29-17-11-6-12-18-29)24-32(44)41-31-23-26(19-21-40-31)25-51-34-35(45)43-30(20-22-50-36(34)43)37(46)48-33(27-13-7-4-8-14-27)28-15-9-5-10-16-28/h4-21,23,33-34,36H,22,24-25H2,1-3H3,(H,40,41,44)/t34-,36-/m1/s1. The molecular weight excluding hydrogens is 685 g/mol. The number of rotatable bonds is 11. The van der Waals surface area contributed by atoms with Crippen molar-refractivity contribution in [3.05, 3.63) is 138 Å². The molecule has 262 valence electrons. The largest absolute Gasteiger partial charge is 0.448 e. The second-order valence-corrected chi connectivity index (χ2v) is 15.1. The summed E-state index contributed by atoms with van der Waals surface area (Å²) in [5.41, 5.74) is 2.59. The molecule has 1 saturated heterocycles. The topological polar surface area (TPSA) is 118 Å². The Morgan fingerprint density at radius 1 is 0.961 bits per heavy atom. The lowest BCUT2D eigenvalue weighted by Crippen LogP contribution is -2.63. The minimum absolute atomic E-state index is 0.151. The maximum Gasteiger partial charge on any atom is 0.415 e. The van der Waals surface area contributed by atoms with Crippen molar-refractivity contribution in [1.82, 2.24) is 9.88 Å². The molecule has 6 rings (SSSR count). The zero-order chi connectivity index (χ0) is 36.0.